The van der Waals surface area contributed by atoms with E-state index in [1.165, 1.54) is 4.90 Å². The molecular weight excluding hydrogens is 230 g/mol. The van der Waals surface area contributed by atoms with Crippen LogP contribution in [0.2, 0.25) is 0 Å². The van der Waals surface area contributed by atoms with Crippen LogP contribution in [-0.2, 0) is 4.79 Å². The van der Waals surface area contributed by atoms with E-state index in [1.54, 1.807) is 6.20 Å². The summed E-state index contributed by atoms with van der Waals surface area (Å²) in [6, 6.07) is -0.697. The van der Waals surface area contributed by atoms with Crippen LogP contribution in [0.1, 0.15) is 6.42 Å². The lowest BCUT2D eigenvalue weighted by atomic mass is 9.81. The van der Waals surface area contributed by atoms with Gasteiger partial charge in [0.1, 0.15) is 6.04 Å². The highest BCUT2D eigenvalue weighted by Gasteiger charge is 2.46. The van der Waals surface area contributed by atoms with Gasteiger partial charge in [-0.1, -0.05) is 18.2 Å². The molecule has 0 radical (unpaired) electrons. The van der Waals surface area contributed by atoms with Gasteiger partial charge < -0.3 is 0 Å². The van der Waals surface area contributed by atoms with E-state index in [2.05, 4.69) is 16.4 Å². The van der Waals surface area contributed by atoms with E-state index >= 15 is 0 Å². The maximum absolute atomic E-state index is 11.7. The van der Waals surface area contributed by atoms with Crippen LogP contribution in [0.3, 0.4) is 0 Å². The van der Waals surface area contributed by atoms with Crippen LogP contribution in [0.15, 0.2) is 41.2 Å². The minimum atomic E-state index is -0.361. The molecule has 5 nitrogen and oxygen atoms in total. The number of urea groups is 1. The SMILES string of the molecule is O=C1NC(=O)N2C=C3N=C4C=CC=CC4C3CC12. The molecule has 0 bridgehead atoms. The predicted molar refractivity (Wildman–Crippen MR) is 64.6 cm³/mol. The number of rotatable bonds is 0. The van der Waals surface area contributed by atoms with Gasteiger partial charge in [-0.05, 0) is 12.5 Å². The lowest BCUT2D eigenvalue weighted by Crippen LogP contribution is -2.38. The summed E-state index contributed by atoms with van der Waals surface area (Å²) >= 11 is 0. The van der Waals surface area contributed by atoms with Crippen LogP contribution in [-0.4, -0.2) is 28.6 Å². The zero-order chi connectivity index (χ0) is 12.3. The zero-order valence-electron chi connectivity index (χ0n) is 9.54. The Bertz CT molecular complexity index is 585. The van der Waals surface area contributed by atoms with Crippen molar-refractivity contribution in [2.75, 3.05) is 0 Å². The molecule has 1 aliphatic carbocycles. The van der Waals surface area contributed by atoms with Crippen molar-refractivity contribution < 1.29 is 9.59 Å². The number of imide groups is 1. The third kappa shape index (κ3) is 1.13. The first-order valence-electron chi connectivity index (χ1n) is 6.02. The van der Waals surface area contributed by atoms with E-state index in [-0.39, 0.29) is 29.8 Å². The molecule has 90 valence electrons. The largest absolute Gasteiger partial charge is 0.328 e. The van der Waals surface area contributed by atoms with Crippen LogP contribution in [0, 0.1) is 11.8 Å². The molecule has 4 aliphatic rings. The molecule has 3 amide bonds. The van der Waals surface area contributed by atoms with E-state index < -0.39 is 0 Å². The molecule has 1 fully saturated rings. The maximum atomic E-state index is 11.7. The average Bonchev–Trinajstić information content (AvgIpc) is 2.86. The summed E-state index contributed by atoms with van der Waals surface area (Å²) in [7, 11) is 0. The Morgan fingerprint density at radius 2 is 2.22 bits per heavy atom. The number of carbonyl (C=O) groups is 2. The molecule has 1 saturated heterocycles. The van der Waals surface area contributed by atoms with Crippen molar-refractivity contribution in [1.82, 2.24) is 10.2 Å². The van der Waals surface area contributed by atoms with Crippen molar-refractivity contribution in [2.24, 2.45) is 16.8 Å². The molecular formula is C13H11N3O2. The average molecular weight is 241 g/mol. The summed E-state index contributed by atoms with van der Waals surface area (Å²) < 4.78 is 0. The summed E-state index contributed by atoms with van der Waals surface area (Å²) in [6.07, 6.45) is 10.5. The fourth-order valence-corrected chi connectivity index (χ4v) is 3.08. The molecule has 3 heterocycles. The second kappa shape index (κ2) is 3.19. The Balaban J connectivity index is 1.77. The number of amides is 3. The second-order valence-electron chi connectivity index (χ2n) is 4.92. The van der Waals surface area contributed by atoms with E-state index in [9.17, 15) is 9.59 Å². The fourth-order valence-electron chi connectivity index (χ4n) is 3.08. The molecule has 3 atom stereocenters. The van der Waals surface area contributed by atoms with Crippen LogP contribution in [0.25, 0.3) is 0 Å². The van der Waals surface area contributed by atoms with Gasteiger partial charge in [0.05, 0.1) is 5.70 Å². The number of nitrogens with zero attached hydrogens (tertiary/aromatic N) is 2. The maximum Gasteiger partial charge on any atom is 0.328 e. The number of nitrogens with one attached hydrogen (secondary N) is 1. The molecule has 4 rings (SSSR count). The number of allylic oxidation sites excluding steroid dienone is 5. The number of aliphatic imine (C=N–C) groups is 1. The monoisotopic (exact) mass is 241 g/mol. The van der Waals surface area contributed by atoms with Gasteiger partial charge in [0.25, 0.3) is 5.91 Å². The fraction of sp³-hybridized carbons (Fsp3) is 0.308. The van der Waals surface area contributed by atoms with Crippen LogP contribution >= 0.6 is 0 Å². The van der Waals surface area contributed by atoms with Crippen molar-refractivity contribution >= 4 is 17.6 Å². The van der Waals surface area contributed by atoms with Crippen molar-refractivity contribution in [3.8, 4) is 0 Å². The minimum absolute atomic E-state index is 0.195. The zero-order valence-corrected chi connectivity index (χ0v) is 9.54. The van der Waals surface area contributed by atoms with Crippen molar-refractivity contribution in [2.45, 2.75) is 12.5 Å². The van der Waals surface area contributed by atoms with Gasteiger partial charge in [0, 0.05) is 23.7 Å². The molecule has 5 heteroatoms. The van der Waals surface area contributed by atoms with Crippen molar-refractivity contribution in [3.05, 3.63) is 36.2 Å². The van der Waals surface area contributed by atoms with Gasteiger partial charge in [-0.2, -0.15) is 0 Å². The van der Waals surface area contributed by atoms with E-state index in [1.807, 2.05) is 18.2 Å². The van der Waals surface area contributed by atoms with Crippen molar-refractivity contribution in [3.63, 3.8) is 0 Å². The second-order valence-corrected chi connectivity index (χ2v) is 4.92. The molecule has 1 N–H and O–H groups in total. The number of hydrogen-bond acceptors (Lipinski definition) is 3. The quantitative estimate of drug-likeness (QED) is 0.642. The van der Waals surface area contributed by atoms with Gasteiger partial charge >= 0.3 is 6.03 Å². The number of carbonyl (C=O) groups excluding carboxylic acids is 2. The highest BCUT2D eigenvalue weighted by molar-refractivity contribution is 6.06. The Morgan fingerprint density at radius 1 is 1.33 bits per heavy atom. The first-order chi connectivity index (χ1) is 8.74. The van der Waals surface area contributed by atoms with Crippen molar-refractivity contribution in [1.29, 1.82) is 0 Å². The number of fused-ring (bicyclic) bond motifs is 4. The molecule has 18 heavy (non-hydrogen) atoms. The van der Waals surface area contributed by atoms with Gasteiger partial charge in [-0.3, -0.25) is 20.0 Å². The van der Waals surface area contributed by atoms with Gasteiger partial charge in [-0.15, -0.1) is 0 Å². The lowest BCUT2D eigenvalue weighted by Gasteiger charge is -2.29. The van der Waals surface area contributed by atoms with E-state index in [4.69, 9.17) is 0 Å². The lowest BCUT2D eigenvalue weighted by molar-refractivity contribution is -0.121. The van der Waals surface area contributed by atoms with Gasteiger partial charge in [0.15, 0.2) is 0 Å². The molecule has 0 aromatic carbocycles. The Hall–Kier alpha value is -2.17. The molecule has 3 unspecified atom stereocenters. The van der Waals surface area contributed by atoms with Crippen LogP contribution in [0.4, 0.5) is 4.79 Å². The summed E-state index contributed by atoms with van der Waals surface area (Å²) in [4.78, 5) is 29.3. The normalized spacial score (nSPS) is 35.8. The molecule has 3 aliphatic heterocycles. The molecule has 0 aromatic heterocycles. The smallest absolute Gasteiger partial charge is 0.286 e. The Labute approximate surface area is 104 Å². The Morgan fingerprint density at radius 3 is 3.11 bits per heavy atom. The molecule has 0 aromatic rings. The molecule has 0 spiro atoms. The summed E-state index contributed by atoms with van der Waals surface area (Å²) in [5.41, 5.74) is 1.94. The van der Waals surface area contributed by atoms with E-state index in [0.717, 1.165) is 11.4 Å². The third-order valence-corrected chi connectivity index (χ3v) is 3.96. The summed E-state index contributed by atoms with van der Waals surface area (Å²) in [6.45, 7) is 0. The van der Waals surface area contributed by atoms with Crippen LogP contribution in [0.5, 0.6) is 0 Å². The molecule has 0 saturated carbocycles. The summed E-state index contributed by atoms with van der Waals surface area (Å²) in [5, 5.41) is 2.34. The first-order valence-corrected chi connectivity index (χ1v) is 6.02. The van der Waals surface area contributed by atoms with Crippen LogP contribution < -0.4 is 5.32 Å². The van der Waals surface area contributed by atoms with Gasteiger partial charge in [-0.25, -0.2) is 4.79 Å². The highest BCUT2D eigenvalue weighted by Crippen LogP contribution is 2.41. The third-order valence-electron chi connectivity index (χ3n) is 3.96. The predicted octanol–water partition coefficient (Wildman–Crippen LogP) is 0.965. The standard InChI is InChI=1S/C13H11N3O2/c17-12-11-5-8-7-3-1-2-4-9(7)14-10(8)6-16(11)13(18)15-12/h1-4,6-8,11H,5H2,(H,15,17,18). The number of hydrogen-bond donors (Lipinski definition) is 1. The summed E-state index contributed by atoms with van der Waals surface area (Å²) in [5.74, 6) is 0.282. The van der Waals surface area contributed by atoms with E-state index in [0.29, 0.717) is 6.42 Å². The highest BCUT2D eigenvalue weighted by atomic mass is 16.2. The minimum Gasteiger partial charge on any atom is -0.286 e. The van der Waals surface area contributed by atoms with Gasteiger partial charge in [0.2, 0.25) is 0 Å². The topological polar surface area (TPSA) is 61.8 Å². The first kappa shape index (κ1) is 9.82. The Kier molecular flexibility index (Phi) is 1.74.